The van der Waals surface area contributed by atoms with Crippen LogP contribution >= 0.6 is 22.9 Å². The van der Waals surface area contributed by atoms with Gasteiger partial charge in [-0.1, -0.05) is 17.7 Å². The minimum absolute atomic E-state index is 0.0185. The predicted octanol–water partition coefficient (Wildman–Crippen LogP) is 2.09. The van der Waals surface area contributed by atoms with E-state index in [9.17, 15) is 23.1 Å². The topological polar surface area (TPSA) is 207 Å². The Morgan fingerprint density at radius 3 is 2.67 bits per heavy atom. The molecule has 0 saturated carbocycles. The molecule has 0 bridgehead atoms. The third kappa shape index (κ3) is 7.84. The van der Waals surface area contributed by atoms with Gasteiger partial charge in [-0.2, -0.15) is 5.10 Å². The lowest BCUT2D eigenvalue weighted by Crippen LogP contribution is -2.40. The molecule has 39 heavy (non-hydrogen) atoms. The average Bonchev–Trinajstić information content (AvgIpc) is 3.42. The van der Waals surface area contributed by atoms with E-state index >= 15 is 0 Å². The zero-order chi connectivity index (χ0) is 28.7. The van der Waals surface area contributed by atoms with E-state index in [0.717, 1.165) is 22.6 Å². The number of amides is 1. The molecule has 1 aromatic carbocycles. The number of anilines is 2. The van der Waals surface area contributed by atoms with E-state index in [1.54, 1.807) is 23.9 Å². The van der Waals surface area contributed by atoms with Crippen LogP contribution in [0.15, 0.2) is 45.6 Å². The minimum Gasteiger partial charge on any atom is -0.480 e. The number of carboxylic acid groups (broad SMARTS) is 1. The lowest BCUT2D eigenvalue weighted by molar-refractivity contribution is -0.139. The Hall–Kier alpha value is -3.82. The molecule has 3 rings (SSSR count). The number of sulfonamides is 1. The normalized spacial score (nSPS) is 12.0. The van der Waals surface area contributed by atoms with E-state index in [0.29, 0.717) is 23.8 Å². The number of carbonyl (C=O) groups excluding carboxylic acids is 1. The lowest BCUT2D eigenvalue weighted by Gasteiger charge is -2.15. The molecule has 3 aromatic rings. The van der Waals surface area contributed by atoms with Crippen molar-refractivity contribution in [3.63, 3.8) is 0 Å². The SMILES string of the molecule is Cc1nn(C)c(Cl)c1CNc1cccc(S(=O)(=O)Nc2ccsc2C(=O)N[C@@H](CCCN=C(N)N)C(=O)O)c1. The first-order valence-corrected chi connectivity index (χ1v) is 14.3. The highest BCUT2D eigenvalue weighted by Crippen LogP contribution is 2.27. The Morgan fingerprint density at radius 1 is 1.28 bits per heavy atom. The molecule has 0 unspecified atom stereocenters. The molecule has 16 heteroatoms. The number of halogens is 1. The first-order valence-electron chi connectivity index (χ1n) is 11.6. The molecule has 0 aliphatic carbocycles. The number of nitrogens with one attached hydrogen (secondary N) is 3. The summed E-state index contributed by atoms with van der Waals surface area (Å²) in [6.07, 6.45) is 0.393. The number of benzene rings is 1. The van der Waals surface area contributed by atoms with Gasteiger partial charge >= 0.3 is 5.97 Å². The average molecular weight is 597 g/mol. The molecule has 1 amide bonds. The van der Waals surface area contributed by atoms with Crippen LogP contribution < -0.4 is 26.8 Å². The fourth-order valence-corrected chi connectivity index (χ4v) is 5.77. The highest BCUT2D eigenvalue weighted by molar-refractivity contribution is 7.92. The maximum atomic E-state index is 13.1. The summed E-state index contributed by atoms with van der Waals surface area (Å²) in [5, 5.41) is 21.3. The maximum Gasteiger partial charge on any atom is 0.326 e. The molecule has 0 aliphatic rings. The summed E-state index contributed by atoms with van der Waals surface area (Å²) >= 11 is 7.25. The number of carboxylic acids is 1. The number of nitrogens with two attached hydrogens (primary N) is 2. The summed E-state index contributed by atoms with van der Waals surface area (Å²) in [6.45, 7) is 2.36. The number of guanidine groups is 1. The van der Waals surface area contributed by atoms with Gasteiger partial charge in [-0.05, 0) is 49.4 Å². The highest BCUT2D eigenvalue weighted by atomic mass is 35.5. The van der Waals surface area contributed by atoms with E-state index in [4.69, 9.17) is 23.1 Å². The van der Waals surface area contributed by atoms with Crippen LogP contribution in [0, 0.1) is 6.92 Å². The van der Waals surface area contributed by atoms with Gasteiger partial charge in [0, 0.05) is 31.4 Å². The summed E-state index contributed by atoms with van der Waals surface area (Å²) in [4.78, 5) is 28.2. The van der Waals surface area contributed by atoms with E-state index in [-0.39, 0.29) is 34.4 Å². The van der Waals surface area contributed by atoms with Gasteiger partial charge in [0.05, 0.1) is 16.3 Å². The lowest BCUT2D eigenvalue weighted by atomic mass is 10.1. The smallest absolute Gasteiger partial charge is 0.326 e. The van der Waals surface area contributed by atoms with Crippen molar-refractivity contribution in [2.75, 3.05) is 16.6 Å². The molecule has 8 N–H and O–H groups in total. The first kappa shape index (κ1) is 29.7. The second kappa shape index (κ2) is 12.8. The van der Waals surface area contributed by atoms with Crippen LogP contribution in [-0.4, -0.2) is 53.7 Å². The Kier molecular flexibility index (Phi) is 9.77. The van der Waals surface area contributed by atoms with E-state index in [1.807, 2.05) is 6.92 Å². The quantitative estimate of drug-likeness (QED) is 0.0968. The van der Waals surface area contributed by atoms with Crippen LogP contribution in [0.2, 0.25) is 5.15 Å². The third-order valence-corrected chi connectivity index (χ3v) is 8.30. The first-order chi connectivity index (χ1) is 18.4. The van der Waals surface area contributed by atoms with Crippen molar-refractivity contribution < 1.29 is 23.1 Å². The van der Waals surface area contributed by atoms with Crippen LogP contribution in [-0.2, 0) is 28.4 Å². The van der Waals surface area contributed by atoms with Crippen LogP contribution in [0.25, 0.3) is 0 Å². The number of aliphatic imine (C=N–C) groups is 1. The summed E-state index contributed by atoms with van der Waals surface area (Å²) in [5.41, 5.74) is 12.6. The number of rotatable bonds is 13. The van der Waals surface area contributed by atoms with Gasteiger partial charge in [-0.3, -0.25) is 19.2 Å². The zero-order valence-electron chi connectivity index (χ0n) is 21.1. The summed E-state index contributed by atoms with van der Waals surface area (Å²) in [6, 6.07) is 6.38. The van der Waals surface area contributed by atoms with Gasteiger partial charge in [-0.25, -0.2) is 13.2 Å². The molecular weight excluding hydrogens is 568 g/mol. The van der Waals surface area contributed by atoms with E-state index in [1.165, 1.54) is 23.6 Å². The molecule has 2 aromatic heterocycles. The van der Waals surface area contributed by atoms with Crippen molar-refractivity contribution in [1.29, 1.82) is 0 Å². The standard InChI is InChI=1S/C23H29ClN8O5S2/c1-13-16(20(24)32(2)30-13)12-28-14-5-3-6-15(11-14)39(36,37)31-17-8-10-38-19(17)21(33)29-18(22(34)35)7-4-9-27-23(25)26/h3,5-6,8,10-11,18,28,31H,4,7,9,12H2,1-2H3,(H,29,33)(H,34,35)(H4,25,26,27)/t18-/m0/s1. The molecule has 13 nitrogen and oxygen atoms in total. The number of thiophene rings is 1. The summed E-state index contributed by atoms with van der Waals surface area (Å²) < 4.78 is 30.3. The van der Waals surface area contributed by atoms with Gasteiger partial charge in [0.25, 0.3) is 15.9 Å². The molecule has 0 spiro atoms. The van der Waals surface area contributed by atoms with Crippen molar-refractivity contribution in [3.05, 3.63) is 57.0 Å². The van der Waals surface area contributed by atoms with Gasteiger partial charge in [0.15, 0.2) is 5.96 Å². The number of aromatic nitrogens is 2. The molecular formula is C23H29ClN8O5S2. The van der Waals surface area contributed by atoms with Gasteiger partial charge in [0.1, 0.15) is 16.1 Å². The number of hydrogen-bond acceptors (Lipinski definition) is 8. The molecule has 210 valence electrons. The van der Waals surface area contributed by atoms with Crippen molar-refractivity contribution in [3.8, 4) is 0 Å². The fourth-order valence-electron chi connectivity index (χ4n) is 3.59. The van der Waals surface area contributed by atoms with Crippen molar-refractivity contribution >= 4 is 62.2 Å². The van der Waals surface area contributed by atoms with E-state index < -0.39 is 27.9 Å². The second-order valence-electron chi connectivity index (χ2n) is 8.44. The predicted molar refractivity (Wildman–Crippen MR) is 151 cm³/mol. The number of hydrogen-bond donors (Lipinski definition) is 6. The van der Waals surface area contributed by atoms with Gasteiger partial charge < -0.3 is 27.2 Å². The van der Waals surface area contributed by atoms with Crippen LogP contribution in [0.3, 0.4) is 0 Å². The van der Waals surface area contributed by atoms with Crippen LogP contribution in [0.4, 0.5) is 11.4 Å². The Labute approximate surface area is 234 Å². The summed E-state index contributed by atoms with van der Waals surface area (Å²) in [7, 11) is -2.36. The number of carbonyl (C=O) groups is 2. The monoisotopic (exact) mass is 596 g/mol. The molecule has 0 saturated heterocycles. The maximum absolute atomic E-state index is 13.1. The van der Waals surface area contributed by atoms with Crippen LogP contribution in [0.1, 0.15) is 33.8 Å². The second-order valence-corrected chi connectivity index (χ2v) is 11.4. The molecule has 2 heterocycles. The molecule has 0 radical (unpaired) electrons. The van der Waals surface area contributed by atoms with Crippen LogP contribution in [0.5, 0.6) is 0 Å². The number of aliphatic carboxylic acids is 1. The fraction of sp³-hybridized carbons (Fsp3) is 0.304. The molecule has 0 fully saturated rings. The Balaban J connectivity index is 1.70. The third-order valence-electron chi connectivity index (χ3n) is 5.55. The minimum atomic E-state index is -4.09. The van der Waals surface area contributed by atoms with Crippen molar-refractivity contribution in [1.82, 2.24) is 15.1 Å². The van der Waals surface area contributed by atoms with Gasteiger partial charge in [0.2, 0.25) is 0 Å². The Bertz CT molecular complexity index is 1480. The molecule has 1 atom stereocenters. The number of nitrogens with zero attached hydrogens (tertiary/aromatic N) is 3. The largest absolute Gasteiger partial charge is 0.480 e. The number of aryl methyl sites for hydroxylation is 2. The van der Waals surface area contributed by atoms with Crippen molar-refractivity contribution in [2.45, 2.75) is 37.2 Å². The summed E-state index contributed by atoms with van der Waals surface area (Å²) in [5.74, 6) is -2.08. The van der Waals surface area contributed by atoms with E-state index in [2.05, 4.69) is 25.4 Å². The highest BCUT2D eigenvalue weighted by Gasteiger charge is 2.25. The van der Waals surface area contributed by atoms with Crippen molar-refractivity contribution in [2.24, 2.45) is 23.5 Å². The molecule has 0 aliphatic heterocycles. The zero-order valence-corrected chi connectivity index (χ0v) is 23.5. The van der Waals surface area contributed by atoms with Gasteiger partial charge in [-0.15, -0.1) is 11.3 Å². The Morgan fingerprint density at radius 2 is 2.03 bits per heavy atom.